The third kappa shape index (κ3) is 1.87. The predicted octanol–water partition coefficient (Wildman–Crippen LogP) is 0.148. The summed E-state index contributed by atoms with van der Waals surface area (Å²) < 4.78 is 24.6. The molecule has 0 unspecified atom stereocenters. The van der Waals surface area contributed by atoms with E-state index in [1.807, 2.05) is 6.92 Å². The zero-order valence-corrected chi connectivity index (χ0v) is 9.26. The molecule has 4 nitrogen and oxygen atoms in total. The highest BCUT2D eigenvalue weighted by Gasteiger charge is 2.44. The minimum atomic E-state index is -3.07. The van der Waals surface area contributed by atoms with Gasteiger partial charge in [-0.05, 0) is 20.3 Å². The van der Waals surface area contributed by atoms with E-state index >= 15 is 0 Å². The zero-order valence-electron chi connectivity index (χ0n) is 8.45. The van der Waals surface area contributed by atoms with E-state index in [0.29, 0.717) is 13.1 Å². The maximum atomic E-state index is 11.6. The van der Waals surface area contributed by atoms with Crippen molar-refractivity contribution < 1.29 is 8.42 Å². The fraction of sp³-hybridized carbons (Fsp3) is 1.00. The molecule has 0 bridgehead atoms. The lowest BCUT2D eigenvalue weighted by Crippen LogP contribution is -2.68. The van der Waals surface area contributed by atoms with Gasteiger partial charge in [0.15, 0.2) is 0 Å². The van der Waals surface area contributed by atoms with Gasteiger partial charge in [0.2, 0.25) is 10.0 Å². The Morgan fingerprint density at radius 1 is 1.46 bits per heavy atom. The lowest BCUT2D eigenvalue weighted by atomic mass is 9.91. The molecule has 5 heteroatoms. The molecule has 1 aliphatic heterocycles. The smallest absolute Gasteiger partial charge is 0.216 e. The van der Waals surface area contributed by atoms with Crippen LogP contribution in [0.2, 0.25) is 0 Å². The number of rotatable bonds is 3. The standard InChI is InChI=1S/C8H18N2O2S/c1-4-8(9)5-10(6-8)13(11,12)7(2)3/h7H,4-6,9H2,1-3H3. The third-order valence-corrected chi connectivity index (χ3v) is 4.81. The molecule has 1 fully saturated rings. The predicted molar refractivity (Wildman–Crippen MR) is 52.8 cm³/mol. The van der Waals surface area contributed by atoms with E-state index in [9.17, 15) is 8.42 Å². The minimum Gasteiger partial charge on any atom is -0.323 e. The maximum absolute atomic E-state index is 11.6. The fourth-order valence-corrected chi connectivity index (χ4v) is 2.83. The van der Waals surface area contributed by atoms with E-state index < -0.39 is 10.0 Å². The van der Waals surface area contributed by atoms with Crippen LogP contribution in [-0.2, 0) is 10.0 Å². The number of nitrogens with zero attached hydrogens (tertiary/aromatic N) is 1. The summed E-state index contributed by atoms with van der Waals surface area (Å²) >= 11 is 0. The summed E-state index contributed by atoms with van der Waals surface area (Å²) in [5.74, 6) is 0. The highest BCUT2D eigenvalue weighted by atomic mass is 32.2. The number of hydrogen-bond acceptors (Lipinski definition) is 3. The molecular formula is C8H18N2O2S. The molecular weight excluding hydrogens is 188 g/mol. The summed E-state index contributed by atoms with van der Waals surface area (Å²) in [6.45, 7) is 6.32. The second kappa shape index (κ2) is 3.22. The molecule has 2 N–H and O–H groups in total. The van der Waals surface area contributed by atoms with Crippen molar-refractivity contribution >= 4 is 10.0 Å². The Morgan fingerprint density at radius 3 is 2.23 bits per heavy atom. The van der Waals surface area contributed by atoms with Crippen molar-refractivity contribution in [1.82, 2.24) is 4.31 Å². The molecule has 0 radical (unpaired) electrons. The topological polar surface area (TPSA) is 63.4 Å². The van der Waals surface area contributed by atoms with Gasteiger partial charge in [0.25, 0.3) is 0 Å². The molecule has 0 saturated carbocycles. The number of sulfonamides is 1. The van der Waals surface area contributed by atoms with E-state index in [1.165, 1.54) is 4.31 Å². The van der Waals surface area contributed by atoms with Gasteiger partial charge in [0.05, 0.1) is 5.25 Å². The first-order valence-electron chi connectivity index (χ1n) is 4.60. The van der Waals surface area contributed by atoms with Gasteiger partial charge in [-0.3, -0.25) is 0 Å². The second-order valence-corrected chi connectivity index (χ2v) is 6.57. The van der Waals surface area contributed by atoms with Crippen molar-refractivity contribution in [2.75, 3.05) is 13.1 Å². The van der Waals surface area contributed by atoms with Gasteiger partial charge >= 0.3 is 0 Å². The van der Waals surface area contributed by atoms with E-state index in [-0.39, 0.29) is 10.8 Å². The molecule has 1 heterocycles. The lowest BCUT2D eigenvalue weighted by molar-refractivity contribution is 0.152. The summed E-state index contributed by atoms with van der Waals surface area (Å²) in [5, 5.41) is -0.339. The van der Waals surface area contributed by atoms with E-state index in [1.54, 1.807) is 13.8 Å². The van der Waals surface area contributed by atoms with Gasteiger partial charge in [-0.2, -0.15) is 4.31 Å². The van der Waals surface area contributed by atoms with Crippen molar-refractivity contribution in [3.05, 3.63) is 0 Å². The van der Waals surface area contributed by atoms with E-state index in [2.05, 4.69) is 0 Å². The van der Waals surface area contributed by atoms with Crippen LogP contribution in [0.4, 0.5) is 0 Å². The quantitative estimate of drug-likeness (QED) is 0.715. The van der Waals surface area contributed by atoms with Crippen LogP contribution in [0.3, 0.4) is 0 Å². The molecule has 1 saturated heterocycles. The fourth-order valence-electron chi connectivity index (χ4n) is 1.36. The summed E-state index contributed by atoms with van der Waals surface area (Å²) in [6, 6.07) is 0. The van der Waals surface area contributed by atoms with Crippen LogP contribution in [0.15, 0.2) is 0 Å². The highest BCUT2D eigenvalue weighted by Crippen LogP contribution is 2.26. The number of nitrogens with two attached hydrogens (primary N) is 1. The van der Waals surface area contributed by atoms with Crippen LogP contribution in [0.1, 0.15) is 27.2 Å². The zero-order chi connectivity index (χ0) is 10.3. The largest absolute Gasteiger partial charge is 0.323 e. The van der Waals surface area contributed by atoms with Crippen LogP contribution in [0, 0.1) is 0 Å². The maximum Gasteiger partial charge on any atom is 0.216 e. The van der Waals surface area contributed by atoms with Crippen molar-refractivity contribution in [1.29, 1.82) is 0 Å². The SMILES string of the molecule is CCC1(N)CN(S(=O)(=O)C(C)C)C1. The van der Waals surface area contributed by atoms with Crippen LogP contribution in [0.25, 0.3) is 0 Å². The minimum absolute atomic E-state index is 0.276. The van der Waals surface area contributed by atoms with E-state index in [0.717, 1.165) is 6.42 Å². The molecule has 1 rings (SSSR count). The van der Waals surface area contributed by atoms with Gasteiger partial charge in [-0.15, -0.1) is 0 Å². The first-order valence-corrected chi connectivity index (χ1v) is 6.10. The van der Waals surface area contributed by atoms with Crippen molar-refractivity contribution in [2.24, 2.45) is 5.73 Å². The second-order valence-electron chi connectivity index (χ2n) is 4.08. The van der Waals surface area contributed by atoms with Crippen LogP contribution < -0.4 is 5.73 Å². The Hall–Kier alpha value is -0.130. The average molecular weight is 206 g/mol. The molecule has 13 heavy (non-hydrogen) atoms. The average Bonchev–Trinajstić information content (AvgIpc) is 1.98. The lowest BCUT2D eigenvalue weighted by Gasteiger charge is -2.46. The first-order chi connectivity index (χ1) is 5.82. The Morgan fingerprint density at radius 2 is 1.92 bits per heavy atom. The molecule has 0 aliphatic carbocycles. The van der Waals surface area contributed by atoms with Crippen molar-refractivity contribution in [2.45, 2.75) is 38.0 Å². The van der Waals surface area contributed by atoms with E-state index in [4.69, 9.17) is 5.73 Å². The van der Waals surface area contributed by atoms with Gasteiger partial charge in [-0.25, -0.2) is 8.42 Å². The molecule has 78 valence electrons. The normalized spacial score (nSPS) is 23.2. The first kappa shape index (κ1) is 10.9. The molecule has 0 aromatic rings. The molecule has 0 spiro atoms. The Balaban J connectivity index is 2.63. The van der Waals surface area contributed by atoms with Crippen molar-refractivity contribution in [3.8, 4) is 0 Å². The van der Waals surface area contributed by atoms with Crippen LogP contribution >= 0.6 is 0 Å². The molecule has 0 aromatic heterocycles. The Kier molecular flexibility index (Phi) is 2.71. The highest BCUT2D eigenvalue weighted by molar-refractivity contribution is 7.89. The Bertz CT molecular complexity index is 279. The molecule has 0 aromatic carbocycles. The summed E-state index contributed by atoms with van der Waals surface area (Å²) in [6.07, 6.45) is 0.830. The van der Waals surface area contributed by atoms with Crippen LogP contribution in [0.5, 0.6) is 0 Å². The van der Waals surface area contributed by atoms with Crippen LogP contribution in [-0.4, -0.2) is 36.6 Å². The summed E-state index contributed by atoms with van der Waals surface area (Å²) in [7, 11) is -3.07. The number of hydrogen-bond donors (Lipinski definition) is 1. The summed E-state index contributed by atoms with van der Waals surface area (Å²) in [5.41, 5.74) is 5.61. The summed E-state index contributed by atoms with van der Waals surface area (Å²) in [4.78, 5) is 0. The van der Waals surface area contributed by atoms with Gasteiger partial charge in [-0.1, -0.05) is 6.92 Å². The molecule has 0 amide bonds. The van der Waals surface area contributed by atoms with Gasteiger partial charge in [0, 0.05) is 18.6 Å². The van der Waals surface area contributed by atoms with Crippen molar-refractivity contribution in [3.63, 3.8) is 0 Å². The van der Waals surface area contributed by atoms with Gasteiger partial charge in [0.1, 0.15) is 0 Å². The molecule has 0 atom stereocenters. The Labute approximate surface area is 80.1 Å². The monoisotopic (exact) mass is 206 g/mol. The third-order valence-electron chi connectivity index (χ3n) is 2.64. The van der Waals surface area contributed by atoms with Gasteiger partial charge < -0.3 is 5.73 Å². The molecule has 1 aliphatic rings.